The van der Waals surface area contributed by atoms with Crippen molar-refractivity contribution in [3.8, 4) is 17.2 Å². The van der Waals surface area contributed by atoms with Crippen LogP contribution in [-0.4, -0.2) is 77.4 Å². The quantitative estimate of drug-likeness (QED) is 0.442. The number of likely N-dealkylation sites (N-methyl/N-ethyl adjacent to an activating group) is 1. The molecule has 0 saturated heterocycles. The summed E-state index contributed by atoms with van der Waals surface area (Å²) < 4.78 is 17.4. The highest BCUT2D eigenvalue weighted by molar-refractivity contribution is 6.05. The first-order chi connectivity index (χ1) is 19.3. The minimum absolute atomic E-state index is 0.0172. The van der Waals surface area contributed by atoms with E-state index < -0.39 is 0 Å². The number of hydrogen-bond donors (Lipinski definition) is 2. The van der Waals surface area contributed by atoms with Gasteiger partial charge in [-0.2, -0.15) is 0 Å². The van der Waals surface area contributed by atoms with E-state index in [1.54, 1.807) is 47.6 Å². The second-order valence-corrected chi connectivity index (χ2v) is 10.4. The molecule has 210 valence electrons. The molecule has 40 heavy (non-hydrogen) atoms. The van der Waals surface area contributed by atoms with Gasteiger partial charge in [0.1, 0.15) is 11.9 Å². The van der Waals surface area contributed by atoms with Gasteiger partial charge in [0.05, 0.1) is 18.2 Å². The molecule has 10 nitrogen and oxygen atoms in total. The SMILES string of the molecule is C[C@@H]1CN([C@@H](C)CO)C(=O)c2cc(NC(=O)c3ccncc3)ccc2O[C@H]1CN(C)Cc1ccc2c(c1)OCO2. The van der Waals surface area contributed by atoms with E-state index in [0.29, 0.717) is 42.2 Å². The molecule has 2 amide bonds. The number of hydrogen-bond acceptors (Lipinski definition) is 8. The number of pyridine rings is 1. The first kappa shape index (κ1) is 27.4. The first-order valence-electron chi connectivity index (χ1n) is 13.3. The zero-order chi connectivity index (χ0) is 28.2. The zero-order valence-electron chi connectivity index (χ0n) is 22.9. The van der Waals surface area contributed by atoms with E-state index in [-0.39, 0.29) is 43.3 Å². The number of benzene rings is 2. The smallest absolute Gasteiger partial charge is 0.258 e. The van der Waals surface area contributed by atoms with E-state index >= 15 is 0 Å². The Morgan fingerprint density at radius 1 is 1.12 bits per heavy atom. The lowest BCUT2D eigenvalue weighted by molar-refractivity contribution is 0.0341. The van der Waals surface area contributed by atoms with Gasteiger partial charge in [0.25, 0.3) is 11.8 Å². The van der Waals surface area contributed by atoms with Crippen molar-refractivity contribution in [1.82, 2.24) is 14.8 Å². The maximum absolute atomic E-state index is 13.7. The van der Waals surface area contributed by atoms with Gasteiger partial charge in [-0.25, -0.2) is 0 Å². The van der Waals surface area contributed by atoms with Crippen LogP contribution in [0.1, 0.15) is 40.1 Å². The normalized spacial score (nSPS) is 18.9. The van der Waals surface area contributed by atoms with E-state index in [4.69, 9.17) is 14.2 Å². The fraction of sp³-hybridized carbons (Fsp3) is 0.367. The molecule has 3 aromatic rings. The Balaban J connectivity index is 1.37. The Kier molecular flexibility index (Phi) is 8.18. The lowest BCUT2D eigenvalue weighted by Gasteiger charge is -2.38. The molecule has 3 atom stereocenters. The Hall–Kier alpha value is -4.15. The molecular weight excluding hydrogens is 512 g/mol. The number of aliphatic hydroxyl groups excluding tert-OH is 1. The molecule has 0 saturated carbocycles. The van der Waals surface area contributed by atoms with E-state index in [9.17, 15) is 14.7 Å². The molecule has 3 heterocycles. The minimum Gasteiger partial charge on any atom is -0.488 e. The summed E-state index contributed by atoms with van der Waals surface area (Å²) in [6, 6.07) is 13.9. The van der Waals surface area contributed by atoms with Gasteiger partial charge in [0.2, 0.25) is 6.79 Å². The number of aromatic nitrogens is 1. The molecule has 0 aliphatic carbocycles. The molecular formula is C30H34N4O6. The average molecular weight is 547 g/mol. The second-order valence-electron chi connectivity index (χ2n) is 10.4. The monoisotopic (exact) mass is 546 g/mol. The van der Waals surface area contributed by atoms with Gasteiger partial charge in [-0.1, -0.05) is 13.0 Å². The lowest BCUT2D eigenvalue weighted by Crippen LogP contribution is -2.49. The molecule has 2 aliphatic heterocycles. The Morgan fingerprint density at radius 3 is 2.65 bits per heavy atom. The van der Waals surface area contributed by atoms with Gasteiger partial charge < -0.3 is 29.5 Å². The van der Waals surface area contributed by atoms with Crippen LogP contribution in [0.15, 0.2) is 60.9 Å². The van der Waals surface area contributed by atoms with Crippen molar-refractivity contribution in [3.63, 3.8) is 0 Å². The number of carbonyl (C=O) groups is 2. The number of rotatable bonds is 8. The number of nitrogens with zero attached hydrogens (tertiary/aromatic N) is 3. The third-order valence-electron chi connectivity index (χ3n) is 7.25. The molecule has 2 aromatic carbocycles. The third kappa shape index (κ3) is 6.03. The van der Waals surface area contributed by atoms with Gasteiger partial charge in [0, 0.05) is 49.2 Å². The topological polar surface area (TPSA) is 113 Å². The number of fused-ring (bicyclic) bond motifs is 2. The number of aliphatic hydroxyl groups is 1. The number of anilines is 1. The number of nitrogens with one attached hydrogen (secondary N) is 1. The maximum atomic E-state index is 13.7. The Bertz CT molecular complexity index is 1370. The summed E-state index contributed by atoms with van der Waals surface area (Å²) in [7, 11) is 2.03. The molecule has 0 radical (unpaired) electrons. The predicted molar refractivity (Wildman–Crippen MR) is 149 cm³/mol. The van der Waals surface area contributed by atoms with Gasteiger partial charge in [-0.05, 0) is 62.0 Å². The molecule has 2 N–H and O–H groups in total. The second kappa shape index (κ2) is 11.9. The van der Waals surface area contributed by atoms with Crippen molar-refractivity contribution in [2.24, 2.45) is 5.92 Å². The highest BCUT2D eigenvalue weighted by Gasteiger charge is 2.33. The van der Waals surface area contributed by atoms with Crippen LogP contribution in [0.5, 0.6) is 17.2 Å². The minimum atomic E-state index is -0.386. The van der Waals surface area contributed by atoms with Crippen molar-refractivity contribution in [2.75, 3.05) is 38.9 Å². The van der Waals surface area contributed by atoms with E-state index in [1.165, 1.54) is 0 Å². The molecule has 5 rings (SSSR count). The van der Waals surface area contributed by atoms with Gasteiger partial charge in [0.15, 0.2) is 11.5 Å². The highest BCUT2D eigenvalue weighted by atomic mass is 16.7. The van der Waals surface area contributed by atoms with Crippen LogP contribution in [0.3, 0.4) is 0 Å². The largest absolute Gasteiger partial charge is 0.488 e. The van der Waals surface area contributed by atoms with E-state index in [1.807, 2.05) is 32.2 Å². The standard InChI is InChI=1S/C30H34N4O6/c1-19-14-34(20(2)17-35)30(37)24-13-23(32-29(36)22-8-10-31-11-9-22)5-7-25(24)40-28(19)16-33(3)15-21-4-6-26-27(12-21)39-18-38-26/h4-13,19-20,28,35H,14-18H2,1-3H3,(H,32,36)/t19-,20+,28+/m1/s1. The molecule has 0 spiro atoms. The maximum Gasteiger partial charge on any atom is 0.258 e. The number of ether oxygens (including phenoxy) is 3. The Morgan fingerprint density at radius 2 is 1.88 bits per heavy atom. The van der Waals surface area contributed by atoms with Crippen LogP contribution >= 0.6 is 0 Å². The first-order valence-corrected chi connectivity index (χ1v) is 13.3. The van der Waals surface area contributed by atoms with E-state index in [0.717, 1.165) is 17.1 Å². The fourth-order valence-corrected chi connectivity index (χ4v) is 4.95. The summed E-state index contributed by atoms with van der Waals surface area (Å²) in [4.78, 5) is 34.2. The Labute approximate surface area is 233 Å². The van der Waals surface area contributed by atoms with Crippen molar-refractivity contribution >= 4 is 17.5 Å². The van der Waals surface area contributed by atoms with Crippen LogP contribution in [0.25, 0.3) is 0 Å². The summed E-state index contributed by atoms with van der Waals surface area (Å²) >= 11 is 0. The van der Waals surface area contributed by atoms with Crippen LogP contribution in [0.4, 0.5) is 5.69 Å². The summed E-state index contributed by atoms with van der Waals surface area (Å²) in [6.07, 6.45) is 2.86. The van der Waals surface area contributed by atoms with E-state index in [2.05, 4.69) is 22.1 Å². The summed E-state index contributed by atoms with van der Waals surface area (Å²) in [5.41, 5.74) is 2.35. The fourth-order valence-electron chi connectivity index (χ4n) is 4.95. The molecule has 0 unspecified atom stereocenters. The highest BCUT2D eigenvalue weighted by Crippen LogP contribution is 2.33. The van der Waals surface area contributed by atoms with Crippen LogP contribution in [0, 0.1) is 5.92 Å². The number of carbonyl (C=O) groups excluding carboxylic acids is 2. The van der Waals surface area contributed by atoms with Crippen LogP contribution in [0.2, 0.25) is 0 Å². The van der Waals surface area contributed by atoms with Crippen molar-refractivity contribution in [2.45, 2.75) is 32.5 Å². The van der Waals surface area contributed by atoms with Gasteiger partial charge in [-0.15, -0.1) is 0 Å². The van der Waals surface area contributed by atoms with Crippen LogP contribution in [-0.2, 0) is 6.54 Å². The van der Waals surface area contributed by atoms with Crippen molar-refractivity contribution < 1.29 is 28.9 Å². The van der Waals surface area contributed by atoms with Crippen molar-refractivity contribution in [1.29, 1.82) is 0 Å². The molecule has 10 heteroatoms. The van der Waals surface area contributed by atoms with Gasteiger partial charge in [-0.3, -0.25) is 19.5 Å². The molecule has 0 bridgehead atoms. The molecule has 2 aliphatic rings. The zero-order valence-corrected chi connectivity index (χ0v) is 22.9. The third-order valence-corrected chi connectivity index (χ3v) is 7.25. The predicted octanol–water partition coefficient (Wildman–Crippen LogP) is 3.41. The molecule has 0 fully saturated rings. The number of amides is 2. The van der Waals surface area contributed by atoms with Crippen molar-refractivity contribution in [3.05, 3.63) is 77.6 Å². The molecule has 1 aromatic heterocycles. The lowest BCUT2D eigenvalue weighted by atomic mass is 9.99. The summed E-state index contributed by atoms with van der Waals surface area (Å²) in [5, 5.41) is 12.8. The summed E-state index contributed by atoms with van der Waals surface area (Å²) in [5.74, 6) is 1.36. The van der Waals surface area contributed by atoms with Gasteiger partial charge >= 0.3 is 0 Å². The van der Waals surface area contributed by atoms with Crippen LogP contribution < -0.4 is 19.5 Å². The summed E-state index contributed by atoms with van der Waals surface area (Å²) in [6.45, 7) is 5.63. The average Bonchev–Trinajstić information content (AvgIpc) is 3.43.